The van der Waals surface area contributed by atoms with E-state index in [9.17, 15) is 19.5 Å². The second kappa shape index (κ2) is 17.3. The number of hydrogen-bond donors (Lipinski definition) is 3. The zero-order valence-electron chi connectivity index (χ0n) is 29.1. The Morgan fingerprint density at radius 2 is 1.24 bits per heavy atom. The molecule has 2 heterocycles. The Labute approximate surface area is 292 Å². The van der Waals surface area contributed by atoms with Crippen LogP contribution >= 0.6 is 0 Å². The van der Waals surface area contributed by atoms with Gasteiger partial charge in [0.05, 0.1) is 57.3 Å². The SMILES string of the molecule is C/C=C/C1=CN(C(=O)c2cc(OC)c(OCCCOc3cc(N)c(C(=O)N4C=C(/C=C/C)C[C@H]4COC(C)=O)cc3OC)cc2N)[C@H](CO)C1. The van der Waals surface area contributed by atoms with Gasteiger partial charge in [-0.3, -0.25) is 14.4 Å². The molecule has 0 aromatic heterocycles. The molecule has 0 saturated heterocycles. The molecule has 2 amide bonds. The minimum atomic E-state index is -0.426. The summed E-state index contributed by atoms with van der Waals surface area (Å²) < 4.78 is 28.1. The number of nitrogens with two attached hydrogens (primary N) is 2. The number of nitrogens with zero attached hydrogens (tertiary/aromatic N) is 2. The maximum absolute atomic E-state index is 13.6. The topological polar surface area (TPSA) is 176 Å². The zero-order valence-corrected chi connectivity index (χ0v) is 29.1. The molecule has 50 heavy (non-hydrogen) atoms. The van der Waals surface area contributed by atoms with Crippen LogP contribution in [0.4, 0.5) is 11.4 Å². The molecule has 4 rings (SSSR count). The average Bonchev–Trinajstić information content (AvgIpc) is 3.70. The average molecular weight is 691 g/mol. The summed E-state index contributed by atoms with van der Waals surface area (Å²) in [4.78, 5) is 41.5. The molecule has 0 fully saturated rings. The highest BCUT2D eigenvalue weighted by Gasteiger charge is 2.32. The molecule has 13 heteroatoms. The standard InChI is InChI=1S/C37H46N4O9/c1-6-9-24-13-26(21-42)40(19-24)36(44)28-15-32(46-4)34(17-30(28)38)48-11-8-12-49-35-18-31(39)29(16-33(35)47-5)37(45)41-20-25(10-7-2)14-27(41)22-50-23(3)43/h6-7,9-10,15-20,26-27,42H,8,11-14,21-22,38-39H2,1-5H3/b9-6+,10-7+/t26-,27-/m0/s1. The molecule has 13 nitrogen and oxygen atoms in total. The highest BCUT2D eigenvalue weighted by Crippen LogP contribution is 2.36. The molecular weight excluding hydrogens is 644 g/mol. The third-order valence-electron chi connectivity index (χ3n) is 8.20. The Bertz CT molecular complexity index is 1700. The fourth-order valence-corrected chi connectivity index (χ4v) is 5.79. The molecule has 2 aromatic rings. The highest BCUT2D eigenvalue weighted by atomic mass is 16.5. The Balaban J connectivity index is 1.39. The lowest BCUT2D eigenvalue weighted by Gasteiger charge is -2.24. The predicted molar refractivity (Wildman–Crippen MR) is 189 cm³/mol. The van der Waals surface area contributed by atoms with Crippen molar-refractivity contribution >= 4 is 29.2 Å². The van der Waals surface area contributed by atoms with Crippen molar-refractivity contribution in [3.63, 3.8) is 0 Å². The number of carbonyl (C=O) groups excluding carboxylic acids is 3. The van der Waals surface area contributed by atoms with E-state index in [1.165, 1.54) is 43.1 Å². The fraction of sp³-hybridized carbons (Fsp3) is 0.378. The van der Waals surface area contributed by atoms with E-state index in [0.717, 1.165) is 11.1 Å². The van der Waals surface area contributed by atoms with E-state index in [-0.39, 0.29) is 72.8 Å². The summed E-state index contributed by atoms with van der Waals surface area (Å²) in [6.07, 6.45) is 12.6. The van der Waals surface area contributed by atoms with Crippen LogP contribution in [0.1, 0.15) is 60.7 Å². The normalized spacial score (nSPS) is 17.2. The number of ether oxygens (including phenoxy) is 5. The van der Waals surface area contributed by atoms with Crippen molar-refractivity contribution in [2.24, 2.45) is 0 Å². The lowest BCUT2D eigenvalue weighted by Crippen LogP contribution is -2.37. The number of rotatable bonds is 15. The van der Waals surface area contributed by atoms with Gasteiger partial charge in [0.2, 0.25) is 0 Å². The summed E-state index contributed by atoms with van der Waals surface area (Å²) in [6, 6.07) is 5.40. The predicted octanol–water partition coefficient (Wildman–Crippen LogP) is 4.62. The first kappa shape index (κ1) is 37.4. The molecule has 0 radical (unpaired) electrons. The van der Waals surface area contributed by atoms with Gasteiger partial charge in [0.15, 0.2) is 23.0 Å². The van der Waals surface area contributed by atoms with Gasteiger partial charge in [0.25, 0.3) is 11.8 Å². The van der Waals surface area contributed by atoms with Crippen LogP contribution < -0.4 is 30.4 Å². The molecule has 0 aliphatic carbocycles. The smallest absolute Gasteiger partial charge is 0.302 e. The Morgan fingerprint density at radius 3 is 1.66 bits per heavy atom. The van der Waals surface area contributed by atoms with Gasteiger partial charge in [-0.15, -0.1) is 0 Å². The summed E-state index contributed by atoms with van der Waals surface area (Å²) in [5, 5.41) is 9.84. The number of amides is 2. The van der Waals surface area contributed by atoms with Crippen molar-refractivity contribution in [1.29, 1.82) is 0 Å². The minimum Gasteiger partial charge on any atom is -0.493 e. The molecule has 2 atom stereocenters. The summed E-state index contributed by atoms with van der Waals surface area (Å²) in [5.74, 6) is 0.224. The maximum Gasteiger partial charge on any atom is 0.302 e. The molecule has 2 aliphatic rings. The molecular formula is C37H46N4O9. The number of aliphatic hydroxyl groups excluding tert-OH is 1. The number of hydrogen-bond acceptors (Lipinski definition) is 11. The van der Waals surface area contributed by atoms with E-state index < -0.39 is 5.97 Å². The second-order valence-electron chi connectivity index (χ2n) is 11.8. The number of aliphatic hydroxyl groups is 1. The number of esters is 1. The molecule has 0 spiro atoms. The Hall–Kier alpha value is -5.43. The zero-order chi connectivity index (χ0) is 36.4. The fourth-order valence-electron chi connectivity index (χ4n) is 5.79. The summed E-state index contributed by atoms with van der Waals surface area (Å²) in [6.45, 7) is 5.42. The number of anilines is 2. The molecule has 0 saturated carbocycles. The molecule has 0 bridgehead atoms. The van der Waals surface area contributed by atoms with Crippen molar-refractivity contribution in [1.82, 2.24) is 9.80 Å². The van der Waals surface area contributed by atoms with Gasteiger partial charge in [-0.1, -0.05) is 24.3 Å². The van der Waals surface area contributed by atoms with Crippen molar-refractivity contribution in [2.75, 3.05) is 52.1 Å². The first-order chi connectivity index (χ1) is 24.0. The van der Waals surface area contributed by atoms with Gasteiger partial charge < -0.3 is 50.1 Å². The summed E-state index contributed by atoms with van der Waals surface area (Å²) in [5.41, 5.74) is 15.3. The van der Waals surface area contributed by atoms with E-state index in [1.807, 2.05) is 38.2 Å². The maximum atomic E-state index is 13.6. The van der Waals surface area contributed by atoms with Crippen molar-refractivity contribution in [2.45, 2.75) is 52.1 Å². The van der Waals surface area contributed by atoms with Crippen molar-refractivity contribution in [3.05, 3.63) is 83.2 Å². The third-order valence-corrected chi connectivity index (χ3v) is 8.20. The van der Waals surface area contributed by atoms with Crippen molar-refractivity contribution < 1.29 is 43.2 Å². The van der Waals surface area contributed by atoms with Gasteiger partial charge >= 0.3 is 5.97 Å². The van der Waals surface area contributed by atoms with Crippen molar-refractivity contribution in [3.8, 4) is 23.0 Å². The van der Waals surface area contributed by atoms with Crippen LogP contribution in [0, 0.1) is 0 Å². The van der Waals surface area contributed by atoms with E-state index in [1.54, 1.807) is 24.5 Å². The Morgan fingerprint density at radius 1 is 0.780 bits per heavy atom. The summed E-state index contributed by atoms with van der Waals surface area (Å²) >= 11 is 0. The molecule has 5 N–H and O–H groups in total. The first-order valence-corrected chi connectivity index (χ1v) is 16.3. The molecule has 2 aliphatic heterocycles. The van der Waals surface area contributed by atoms with Gasteiger partial charge in [-0.25, -0.2) is 0 Å². The van der Waals surface area contributed by atoms with E-state index in [0.29, 0.717) is 42.3 Å². The van der Waals surface area contributed by atoms with Crippen LogP contribution in [0.5, 0.6) is 23.0 Å². The first-order valence-electron chi connectivity index (χ1n) is 16.3. The number of benzene rings is 2. The van der Waals surface area contributed by atoms with E-state index in [4.69, 9.17) is 35.2 Å². The quantitative estimate of drug-likeness (QED) is 0.135. The van der Waals surface area contributed by atoms with Gasteiger partial charge in [0.1, 0.15) is 6.61 Å². The number of nitrogen functional groups attached to an aromatic ring is 2. The van der Waals surface area contributed by atoms with Crippen LogP contribution in [-0.2, 0) is 9.53 Å². The molecule has 0 unspecified atom stereocenters. The lowest BCUT2D eigenvalue weighted by atomic mass is 10.1. The lowest BCUT2D eigenvalue weighted by molar-refractivity contribution is -0.142. The second-order valence-corrected chi connectivity index (χ2v) is 11.8. The largest absolute Gasteiger partial charge is 0.493 e. The summed E-state index contributed by atoms with van der Waals surface area (Å²) in [7, 11) is 2.94. The minimum absolute atomic E-state index is 0.0544. The van der Waals surface area contributed by atoms with E-state index >= 15 is 0 Å². The third kappa shape index (κ3) is 8.77. The van der Waals surface area contributed by atoms with E-state index in [2.05, 4.69) is 0 Å². The van der Waals surface area contributed by atoms with Crippen LogP contribution in [0.25, 0.3) is 0 Å². The van der Waals surface area contributed by atoms with Gasteiger partial charge in [0, 0.05) is 49.3 Å². The number of allylic oxidation sites excluding steroid dienone is 4. The molecule has 268 valence electrons. The highest BCUT2D eigenvalue weighted by molar-refractivity contribution is 6.02. The van der Waals surface area contributed by atoms with Crippen LogP contribution in [0.15, 0.2) is 72.1 Å². The van der Waals surface area contributed by atoms with Crippen LogP contribution in [0.2, 0.25) is 0 Å². The van der Waals surface area contributed by atoms with Gasteiger partial charge in [-0.2, -0.15) is 0 Å². The monoisotopic (exact) mass is 690 g/mol. The Kier molecular flexibility index (Phi) is 12.9. The number of methoxy groups -OCH3 is 2. The molecule has 2 aromatic carbocycles. The number of carbonyl (C=O) groups is 3. The van der Waals surface area contributed by atoms with Gasteiger partial charge in [-0.05, 0) is 50.0 Å². The van der Waals surface area contributed by atoms with Crippen LogP contribution in [-0.4, -0.2) is 85.4 Å². The van der Waals surface area contributed by atoms with Crippen LogP contribution in [0.3, 0.4) is 0 Å².